The van der Waals surface area contributed by atoms with Gasteiger partial charge in [0.15, 0.2) is 0 Å². The summed E-state index contributed by atoms with van der Waals surface area (Å²) in [5.74, 6) is 1.33. The van der Waals surface area contributed by atoms with E-state index >= 15 is 0 Å². The average Bonchev–Trinajstić information content (AvgIpc) is 2.32. The lowest BCUT2D eigenvalue weighted by atomic mass is 10.3. The van der Waals surface area contributed by atoms with Gasteiger partial charge in [0.1, 0.15) is 0 Å². The van der Waals surface area contributed by atoms with Crippen molar-refractivity contribution in [2.24, 2.45) is 0 Å². The molecule has 0 bridgehead atoms. The van der Waals surface area contributed by atoms with Crippen LogP contribution in [-0.4, -0.2) is 32.4 Å². The highest BCUT2D eigenvalue weighted by molar-refractivity contribution is 8.15. The maximum atomic E-state index is 11.5. The molecule has 1 aliphatic heterocycles. The van der Waals surface area contributed by atoms with Crippen LogP contribution in [0.5, 0.6) is 0 Å². The molecule has 1 heterocycles. The molecule has 0 aromatic carbocycles. The Morgan fingerprint density at radius 2 is 2.38 bits per heavy atom. The van der Waals surface area contributed by atoms with Crippen molar-refractivity contribution >= 4 is 28.5 Å². The van der Waals surface area contributed by atoms with Crippen LogP contribution in [-0.2, 0) is 20.3 Å². The third-order valence-electron chi connectivity index (χ3n) is 1.93. The fourth-order valence-corrected chi connectivity index (χ4v) is 4.55. The first kappa shape index (κ1) is 11.0. The van der Waals surface area contributed by atoms with E-state index in [1.165, 1.54) is 0 Å². The van der Waals surface area contributed by atoms with Gasteiger partial charge in [0.2, 0.25) is 0 Å². The highest BCUT2D eigenvalue weighted by atomic mass is 32.2. The Morgan fingerprint density at radius 1 is 1.69 bits per heavy atom. The second kappa shape index (κ2) is 4.46. The van der Waals surface area contributed by atoms with Crippen molar-refractivity contribution < 1.29 is 13.7 Å². The van der Waals surface area contributed by atoms with E-state index in [0.29, 0.717) is 12.4 Å². The summed E-state index contributed by atoms with van der Waals surface area (Å²) in [6.07, 6.45) is 0.262. The Kier molecular flexibility index (Phi) is 3.79. The van der Waals surface area contributed by atoms with Gasteiger partial charge in [-0.25, -0.2) is 0 Å². The van der Waals surface area contributed by atoms with Crippen molar-refractivity contribution in [2.45, 2.75) is 24.3 Å². The largest absolute Gasteiger partial charge is 0.466 e. The molecule has 1 saturated heterocycles. The third kappa shape index (κ3) is 2.71. The third-order valence-corrected chi connectivity index (χ3v) is 5.94. The highest BCUT2D eigenvalue weighted by Crippen LogP contribution is 2.38. The van der Waals surface area contributed by atoms with Crippen LogP contribution in [0.15, 0.2) is 0 Å². The standard InChI is InChI=1S/C8H14O3S2/c1-3-11-7(9)6-8(2)12-4-5-13(8)10/h3-6H2,1-2H3. The van der Waals surface area contributed by atoms with Crippen molar-refractivity contribution in [1.29, 1.82) is 0 Å². The minimum Gasteiger partial charge on any atom is -0.466 e. The molecular weight excluding hydrogens is 208 g/mol. The molecule has 0 aromatic rings. The second-order valence-corrected chi connectivity index (χ2v) is 6.87. The van der Waals surface area contributed by atoms with Crippen molar-refractivity contribution in [3.8, 4) is 0 Å². The average molecular weight is 222 g/mol. The van der Waals surface area contributed by atoms with Gasteiger partial charge in [0.25, 0.3) is 0 Å². The summed E-state index contributed by atoms with van der Waals surface area (Å²) >= 11 is 1.61. The Morgan fingerprint density at radius 3 is 2.85 bits per heavy atom. The first-order chi connectivity index (χ1) is 6.08. The lowest BCUT2D eigenvalue weighted by Gasteiger charge is -2.19. The van der Waals surface area contributed by atoms with Gasteiger partial charge in [-0.3, -0.25) is 9.00 Å². The van der Waals surface area contributed by atoms with E-state index < -0.39 is 14.9 Å². The molecule has 3 nitrogen and oxygen atoms in total. The number of esters is 1. The van der Waals surface area contributed by atoms with Gasteiger partial charge >= 0.3 is 5.97 Å². The highest BCUT2D eigenvalue weighted by Gasteiger charge is 2.39. The molecule has 2 atom stereocenters. The summed E-state index contributed by atoms with van der Waals surface area (Å²) in [7, 11) is -0.888. The Labute approximate surface area is 85.1 Å². The summed E-state index contributed by atoms with van der Waals surface area (Å²) in [5, 5.41) is 0. The normalized spacial score (nSPS) is 33.2. The molecule has 13 heavy (non-hydrogen) atoms. The molecule has 0 amide bonds. The molecule has 0 spiro atoms. The van der Waals surface area contributed by atoms with Crippen LogP contribution in [0.3, 0.4) is 0 Å². The van der Waals surface area contributed by atoms with Gasteiger partial charge in [0, 0.05) is 22.3 Å². The summed E-state index contributed by atoms with van der Waals surface area (Å²) in [6, 6.07) is 0. The maximum Gasteiger partial charge on any atom is 0.308 e. The molecule has 0 aliphatic carbocycles. The van der Waals surface area contributed by atoms with Crippen LogP contribution in [0.4, 0.5) is 0 Å². The van der Waals surface area contributed by atoms with Crippen LogP contribution in [0.25, 0.3) is 0 Å². The monoisotopic (exact) mass is 222 g/mol. The lowest BCUT2D eigenvalue weighted by molar-refractivity contribution is -0.143. The zero-order chi connectivity index (χ0) is 9.90. The number of carbonyl (C=O) groups is 1. The van der Waals surface area contributed by atoms with Crippen LogP contribution < -0.4 is 0 Å². The minimum absolute atomic E-state index is 0.243. The molecule has 5 heteroatoms. The van der Waals surface area contributed by atoms with Crippen LogP contribution >= 0.6 is 11.8 Å². The lowest BCUT2D eigenvalue weighted by Crippen LogP contribution is -2.27. The van der Waals surface area contributed by atoms with Crippen molar-refractivity contribution in [3.63, 3.8) is 0 Å². The van der Waals surface area contributed by atoms with E-state index in [9.17, 15) is 9.00 Å². The molecule has 0 N–H and O–H groups in total. The minimum atomic E-state index is -0.888. The predicted octanol–water partition coefficient (Wildman–Crippen LogP) is 1.15. The molecule has 0 saturated carbocycles. The number of rotatable bonds is 3. The summed E-state index contributed by atoms with van der Waals surface area (Å²) in [6.45, 7) is 4.04. The molecule has 1 fully saturated rings. The van der Waals surface area contributed by atoms with Crippen LogP contribution in [0, 0.1) is 0 Å². The zero-order valence-electron chi connectivity index (χ0n) is 7.87. The Balaban J connectivity index is 2.51. The predicted molar refractivity (Wildman–Crippen MR) is 55.1 cm³/mol. The summed E-state index contributed by atoms with van der Waals surface area (Å²) in [4.78, 5) is 11.2. The molecule has 2 unspecified atom stereocenters. The summed E-state index contributed by atoms with van der Waals surface area (Å²) in [5.41, 5.74) is 0. The SMILES string of the molecule is CCOC(=O)CC1(C)SCCS1=O. The fraction of sp³-hybridized carbons (Fsp3) is 0.875. The number of hydrogen-bond acceptors (Lipinski definition) is 4. The van der Waals surface area contributed by atoms with E-state index in [0.717, 1.165) is 5.75 Å². The van der Waals surface area contributed by atoms with Gasteiger partial charge < -0.3 is 4.74 Å². The number of hydrogen-bond donors (Lipinski definition) is 0. The van der Waals surface area contributed by atoms with Crippen LogP contribution in [0.1, 0.15) is 20.3 Å². The van der Waals surface area contributed by atoms with Gasteiger partial charge in [0.05, 0.1) is 17.1 Å². The van der Waals surface area contributed by atoms with Gasteiger partial charge in [-0.1, -0.05) is 0 Å². The van der Waals surface area contributed by atoms with Gasteiger partial charge in [-0.15, -0.1) is 11.8 Å². The summed E-state index contributed by atoms with van der Waals surface area (Å²) < 4.78 is 15.9. The van der Waals surface area contributed by atoms with E-state index in [1.807, 2.05) is 6.92 Å². The molecule has 0 radical (unpaired) electrons. The Hall–Kier alpha value is -0.0300. The zero-order valence-corrected chi connectivity index (χ0v) is 9.50. The van der Waals surface area contributed by atoms with Gasteiger partial charge in [-0.2, -0.15) is 0 Å². The first-order valence-corrected chi connectivity index (χ1v) is 6.57. The quantitative estimate of drug-likeness (QED) is 0.672. The number of ether oxygens (including phenoxy) is 1. The van der Waals surface area contributed by atoms with E-state index in [-0.39, 0.29) is 12.4 Å². The molecule has 1 aliphatic rings. The van der Waals surface area contributed by atoms with E-state index in [1.54, 1.807) is 18.7 Å². The van der Waals surface area contributed by atoms with Crippen molar-refractivity contribution in [1.82, 2.24) is 0 Å². The fourth-order valence-electron chi connectivity index (χ4n) is 1.22. The number of carbonyl (C=O) groups excluding carboxylic acids is 1. The second-order valence-electron chi connectivity index (χ2n) is 3.01. The molecule has 1 rings (SSSR count). The number of thioether (sulfide) groups is 1. The Bertz CT molecular complexity index is 229. The van der Waals surface area contributed by atoms with Crippen LogP contribution in [0.2, 0.25) is 0 Å². The van der Waals surface area contributed by atoms with Gasteiger partial charge in [-0.05, 0) is 13.8 Å². The van der Waals surface area contributed by atoms with E-state index in [2.05, 4.69) is 0 Å². The van der Waals surface area contributed by atoms with E-state index in [4.69, 9.17) is 4.74 Å². The molecule has 0 aromatic heterocycles. The topological polar surface area (TPSA) is 43.4 Å². The van der Waals surface area contributed by atoms with Crippen molar-refractivity contribution in [2.75, 3.05) is 18.1 Å². The molecular formula is C8H14O3S2. The molecule has 76 valence electrons. The first-order valence-electron chi connectivity index (χ1n) is 4.26. The van der Waals surface area contributed by atoms with Crippen molar-refractivity contribution in [3.05, 3.63) is 0 Å². The smallest absolute Gasteiger partial charge is 0.308 e. The maximum absolute atomic E-state index is 11.5.